The quantitative estimate of drug-likeness (QED) is 0.195. The first-order chi connectivity index (χ1) is 21.1. The minimum Gasteiger partial charge on any atom is -0.493 e. The molecular formula is C32H36N4O7S. The largest absolute Gasteiger partial charge is 0.493 e. The van der Waals surface area contributed by atoms with E-state index in [4.69, 9.17) is 14.2 Å². The number of nitrogens with zero attached hydrogens (tertiary/aromatic N) is 4. The van der Waals surface area contributed by atoms with Crippen molar-refractivity contribution >= 4 is 34.8 Å². The lowest BCUT2D eigenvalue weighted by Gasteiger charge is -2.30. The Morgan fingerprint density at radius 1 is 1.16 bits per heavy atom. The topological polar surface area (TPSA) is 126 Å². The number of rotatable bonds is 9. The molecule has 3 heterocycles. The standard InChI is InChI=1S/C32H36N4O7S/c1-6-42-31(38)28-20(4)33-32-35(29(28)21-10-13-25(43-19(2)3)26(17-21)41-5)30(37)27(44-32)18-22-16-23(36(39)40)11-12-24(22)34-14-8-7-9-15-34/h10-13,16-19,29H,6-9,14-15H2,1-5H3/b27-18-/t29-/m1/s1. The SMILES string of the molecule is CCOC(=O)C1=C(C)N=c2s/c(=C\c3cc([N+](=O)[O-])ccc3N3CCCCC3)c(=O)n2[C@@H]1c1ccc(OC(C)C)c(OC)c1. The Hall–Kier alpha value is -4.45. The molecule has 1 aromatic heterocycles. The predicted octanol–water partition coefficient (Wildman–Crippen LogP) is 4.49. The van der Waals surface area contributed by atoms with E-state index in [2.05, 4.69) is 9.89 Å². The number of carbonyl (C=O) groups is 1. The van der Waals surface area contributed by atoms with Crippen LogP contribution in [0.3, 0.4) is 0 Å². The molecule has 232 valence electrons. The summed E-state index contributed by atoms with van der Waals surface area (Å²) in [6, 6.07) is 9.23. The van der Waals surface area contributed by atoms with E-state index in [0.717, 1.165) is 38.0 Å². The summed E-state index contributed by atoms with van der Waals surface area (Å²) in [6.45, 7) is 9.09. The number of hydrogen-bond acceptors (Lipinski definition) is 10. The van der Waals surface area contributed by atoms with Gasteiger partial charge in [-0.3, -0.25) is 19.5 Å². The second kappa shape index (κ2) is 13.0. The zero-order valence-electron chi connectivity index (χ0n) is 25.5. The Balaban J connectivity index is 1.71. The van der Waals surface area contributed by atoms with Crippen LogP contribution in [-0.2, 0) is 9.53 Å². The lowest BCUT2D eigenvalue weighted by Crippen LogP contribution is -2.40. The maximum absolute atomic E-state index is 14.2. The van der Waals surface area contributed by atoms with Crippen molar-refractivity contribution in [2.24, 2.45) is 4.99 Å². The summed E-state index contributed by atoms with van der Waals surface area (Å²) in [6.07, 6.45) is 4.79. The zero-order chi connectivity index (χ0) is 31.5. The number of nitro benzene ring substituents is 1. The first-order valence-electron chi connectivity index (χ1n) is 14.7. The fourth-order valence-corrected chi connectivity index (χ4v) is 6.69. The molecule has 0 spiro atoms. The first kappa shape index (κ1) is 31.0. The molecule has 1 saturated heterocycles. The summed E-state index contributed by atoms with van der Waals surface area (Å²) in [7, 11) is 1.53. The number of allylic oxidation sites excluding steroid dienone is 1. The predicted molar refractivity (Wildman–Crippen MR) is 168 cm³/mol. The van der Waals surface area contributed by atoms with Gasteiger partial charge in [-0.05, 0) is 76.8 Å². The van der Waals surface area contributed by atoms with Gasteiger partial charge in [0.05, 0.1) is 46.6 Å². The number of hydrogen-bond donors (Lipinski definition) is 0. The average Bonchev–Trinajstić information content (AvgIpc) is 3.30. The van der Waals surface area contributed by atoms with Gasteiger partial charge in [-0.15, -0.1) is 0 Å². The monoisotopic (exact) mass is 620 g/mol. The van der Waals surface area contributed by atoms with Crippen molar-refractivity contribution in [1.29, 1.82) is 0 Å². The number of anilines is 1. The maximum atomic E-state index is 14.2. The molecule has 0 N–H and O–H groups in total. The highest BCUT2D eigenvalue weighted by molar-refractivity contribution is 7.07. The molecule has 5 rings (SSSR count). The number of ether oxygens (including phenoxy) is 3. The first-order valence-corrected chi connectivity index (χ1v) is 15.5. The fourth-order valence-electron chi connectivity index (χ4n) is 5.65. The molecular weight excluding hydrogens is 584 g/mol. The third-order valence-corrected chi connectivity index (χ3v) is 8.57. The van der Waals surface area contributed by atoms with Crippen LogP contribution < -0.4 is 29.3 Å². The Morgan fingerprint density at radius 3 is 2.57 bits per heavy atom. The van der Waals surface area contributed by atoms with Crippen LogP contribution in [0, 0.1) is 10.1 Å². The number of benzene rings is 2. The number of piperidine rings is 1. The summed E-state index contributed by atoms with van der Waals surface area (Å²) in [5.41, 5.74) is 2.30. The molecule has 44 heavy (non-hydrogen) atoms. The van der Waals surface area contributed by atoms with Crippen molar-refractivity contribution < 1.29 is 23.9 Å². The molecule has 2 aromatic carbocycles. The molecule has 12 heteroatoms. The maximum Gasteiger partial charge on any atom is 0.338 e. The minimum atomic E-state index is -0.846. The smallest absolute Gasteiger partial charge is 0.338 e. The molecule has 0 bridgehead atoms. The van der Waals surface area contributed by atoms with Gasteiger partial charge in [0.1, 0.15) is 0 Å². The van der Waals surface area contributed by atoms with Gasteiger partial charge in [-0.2, -0.15) is 0 Å². The van der Waals surface area contributed by atoms with E-state index in [1.165, 1.54) is 35.1 Å². The highest BCUT2D eigenvalue weighted by Gasteiger charge is 2.34. The molecule has 1 atom stereocenters. The van der Waals surface area contributed by atoms with E-state index in [0.29, 0.717) is 37.7 Å². The second-order valence-corrected chi connectivity index (χ2v) is 11.9. The second-order valence-electron chi connectivity index (χ2n) is 10.9. The van der Waals surface area contributed by atoms with Gasteiger partial charge in [-0.1, -0.05) is 17.4 Å². The molecule has 2 aliphatic rings. The highest BCUT2D eigenvalue weighted by Crippen LogP contribution is 2.37. The van der Waals surface area contributed by atoms with Crippen LogP contribution in [0.25, 0.3) is 6.08 Å². The van der Waals surface area contributed by atoms with Crippen LogP contribution in [0.5, 0.6) is 11.5 Å². The summed E-state index contributed by atoms with van der Waals surface area (Å²) in [5, 5.41) is 11.7. The zero-order valence-corrected chi connectivity index (χ0v) is 26.3. The summed E-state index contributed by atoms with van der Waals surface area (Å²) >= 11 is 1.17. The van der Waals surface area contributed by atoms with Crippen molar-refractivity contribution in [1.82, 2.24) is 4.57 Å². The molecule has 11 nitrogen and oxygen atoms in total. The molecule has 0 radical (unpaired) electrons. The Labute approximate surface area is 258 Å². The molecule has 0 amide bonds. The van der Waals surface area contributed by atoms with Gasteiger partial charge in [0, 0.05) is 36.5 Å². The molecule has 1 fully saturated rings. The van der Waals surface area contributed by atoms with Gasteiger partial charge >= 0.3 is 5.97 Å². The van der Waals surface area contributed by atoms with Crippen LogP contribution >= 0.6 is 11.3 Å². The fraction of sp³-hybridized carbons (Fsp3) is 0.406. The van der Waals surface area contributed by atoms with Crippen molar-refractivity contribution in [2.75, 3.05) is 31.7 Å². The van der Waals surface area contributed by atoms with Crippen molar-refractivity contribution in [3.63, 3.8) is 0 Å². The third-order valence-electron chi connectivity index (χ3n) is 7.59. The van der Waals surface area contributed by atoms with Crippen LogP contribution in [0.1, 0.15) is 64.1 Å². The molecule has 0 aliphatic carbocycles. The van der Waals surface area contributed by atoms with Crippen molar-refractivity contribution in [2.45, 2.75) is 59.1 Å². The number of aromatic nitrogens is 1. The third kappa shape index (κ3) is 6.12. The number of esters is 1. The summed E-state index contributed by atoms with van der Waals surface area (Å²) < 4.78 is 18.8. The summed E-state index contributed by atoms with van der Waals surface area (Å²) in [4.78, 5) is 46.0. The normalized spacial score (nSPS) is 16.9. The average molecular weight is 621 g/mol. The van der Waals surface area contributed by atoms with Gasteiger partial charge < -0.3 is 19.1 Å². The van der Waals surface area contributed by atoms with E-state index >= 15 is 0 Å². The van der Waals surface area contributed by atoms with Crippen LogP contribution in [0.15, 0.2) is 57.5 Å². The van der Waals surface area contributed by atoms with Crippen LogP contribution in [0.4, 0.5) is 11.4 Å². The van der Waals surface area contributed by atoms with Crippen LogP contribution in [0.2, 0.25) is 0 Å². The highest BCUT2D eigenvalue weighted by atomic mass is 32.1. The van der Waals surface area contributed by atoms with Crippen LogP contribution in [-0.4, -0.2) is 48.4 Å². The summed E-state index contributed by atoms with van der Waals surface area (Å²) in [5.74, 6) is 0.424. The van der Waals surface area contributed by atoms with Gasteiger partial charge in [0.15, 0.2) is 16.3 Å². The number of thiazole rings is 1. The van der Waals surface area contributed by atoms with Gasteiger partial charge in [0.2, 0.25) is 0 Å². The van der Waals surface area contributed by atoms with E-state index in [9.17, 15) is 19.7 Å². The van der Waals surface area contributed by atoms with E-state index in [1.807, 2.05) is 13.8 Å². The number of methoxy groups -OCH3 is 1. The number of nitro groups is 1. The molecule has 0 saturated carbocycles. The Morgan fingerprint density at radius 2 is 1.91 bits per heavy atom. The Bertz CT molecular complexity index is 1800. The minimum absolute atomic E-state index is 0.0566. The number of carbonyl (C=O) groups excluding carboxylic acids is 1. The molecule has 3 aromatic rings. The van der Waals surface area contributed by atoms with E-state index < -0.39 is 16.9 Å². The van der Waals surface area contributed by atoms with E-state index in [-0.39, 0.29) is 29.5 Å². The number of non-ortho nitro benzene ring substituents is 1. The van der Waals surface area contributed by atoms with E-state index in [1.54, 1.807) is 44.2 Å². The molecule has 2 aliphatic heterocycles. The number of fused-ring (bicyclic) bond motifs is 1. The van der Waals surface area contributed by atoms with Gasteiger partial charge in [-0.25, -0.2) is 9.79 Å². The lowest BCUT2D eigenvalue weighted by molar-refractivity contribution is -0.384. The van der Waals surface area contributed by atoms with Crippen molar-refractivity contribution in [3.05, 3.63) is 88.6 Å². The van der Waals surface area contributed by atoms with Crippen molar-refractivity contribution in [3.8, 4) is 11.5 Å². The van der Waals surface area contributed by atoms with Gasteiger partial charge in [0.25, 0.3) is 11.2 Å². The Kier molecular flexibility index (Phi) is 9.19. The molecule has 0 unspecified atom stereocenters. The lowest BCUT2D eigenvalue weighted by atomic mass is 9.95.